The van der Waals surface area contributed by atoms with Gasteiger partial charge in [0.1, 0.15) is 0 Å². The first kappa shape index (κ1) is 10.9. The van der Waals surface area contributed by atoms with E-state index >= 15 is 0 Å². The molecular formula is C10H10ClN3O2. The molecule has 2 aromatic heterocycles. The highest BCUT2D eigenvalue weighted by Gasteiger charge is 2.15. The van der Waals surface area contributed by atoms with Gasteiger partial charge in [-0.1, -0.05) is 6.07 Å². The van der Waals surface area contributed by atoms with Gasteiger partial charge in [-0.2, -0.15) is 0 Å². The maximum atomic E-state index is 10.6. The Balaban J connectivity index is 2.50. The molecule has 6 heteroatoms. The number of carbonyl (C=O) groups is 1. The minimum Gasteiger partial charge on any atom is -0.481 e. The number of imidazole rings is 1. The number of carboxylic acids is 1. The van der Waals surface area contributed by atoms with Gasteiger partial charge in [0.05, 0.1) is 24.2 Å². The number of rotatable bonds is 3. The van der Waals surface area contributed by atoms with Crippen molar-refractivity contribution in [3.63, 3.8) is 0 Å². The van der Waals surface area contributed by atoms with Crippen LogP contribution in [0.4, 0.5) is 0 Å². The molecule has 0 aromatic carbocycles. The molecule has 0 amide bonds. The maximum Gasteiger partial charge on any atom is 0.305 e. The highest BCUT2D eigenvalue weighted by Crippen LogP contribution is 2.20. The number of aromatic nitrogens is 2. The highest BCUT2D eigenvalue weighted by molar-refractivity contribution is 6.28. The number of nitrogens with zero attached hydrogens (tertiary/aromatic N) is 2. The molecule has 2 heterocycles. The zero-order valence-corrected chi connectivity index (χ0v) is 9.05. The summed E-state index contributed by atoms with van der Waals surface area (Å²) in [4.78, 5) is 14.5. The molecule has 0 radical (unpaired) electrons. The Morgan fingerprint density at radius 2 is 2.38 bits per heavy atom. The van der Waals surface area contributed by atoms with E-state index < -0.39 is 12.0 Å². The van der Waals surface area contributed by atoms with Crippen molar-refractivity contribution in [2.75, 3.05) is 0 Å². The van der Waals surface area contributed by atoms with Crippen molar-refractivity contribution in [3.8, 4) is 0 Å². The summed E-state index contributed by atoms with van der Waals surface area (Å²) >= 11 is 5.91. The van der Waals surface area contributed by atoms with Gasteiger partial charge in [0, 0.05) is 5.69 Å². The van der Waals surface area contributed by atoms with E-state index in [1.54, 1.807) is 22.7 Å². The van der Waals surface area contributed by atoms with Crippen molar-refractivity contribution in [3.05, 3.63) is 35.4 Å². The van der Waals surface area contributed by atoms with Crippen LogP contribution in [0.25, 0.3) is 5.52 Å². The lowest BCUT2D eigenvalue weighted by molar-refractivity contribution is -0.137. The van der Waals surface area contributed by atoms with Gasteiger partial charge in [0.15, 0.2) is 0 Å². The SMILES string of the molecule is NC(CC(=O)O)c1cccc2cnc(Cl)n12. The standard InChI is InChI=1S/C10H10ClN3O2/c11-10-13-5-6-2-1-3-8(14(6)10)7(12)4-9(15)16/h1-3,5,7H,4,12H2,(H,15,16). The van der Waals surface area contributed by atoms with Gasteiger partial charge in [0.25, 0.3) is 0 Å². The van der Waals surface area contributed by atoms with Gasteiger partial charge < -0.3 is 10.8 Å². The van der Waals surface area contributed by atoms with E-state index in [1.165, 1.54) is 0 Å². The fourth-order valence-corrected chi connectivity index (χ4v) is 1.86. The summed E-state index contributed by atoms with van der Waals surface area (Å²) in [6, 6.07) is 4.77. The molecule has 0 aliphatic carbocycles. The van der Waals surface area contributed by atoms with Gasteiger partial charge in [-0.25, -0.2) is 4.98 Å². The van der Waals surface area contributed by atoms with Crippen LogP contribution in [0.15, 0.2) is 24.4 Å². The summed E-state index contributed by atoms with van der Waals surface area (Å²) in [5.74, 6) is -0.944. The number of nitrogens with two attached hydrogens (primary N) is 1. The molecule has 0 bridgehead atoms. The van der Waals surface area contributed by atoms with Crippen molar-refractivity contribution in [1.82, 2.24) is 9.38 Å². The third kappa shape index (κ3) is 1.87. The Labute approximate surface area is 96.5 Å². The lowest BCUT2D eigenvalue weighted by Gasteiger charge is -2.12. The van der Waals surface area contributed by atoms with E-state index in [9.17, 15) is 4.79 Å². The van der Waals surface area contributed by atoms with E-state index in [2.05, 4.69) is 4.98 Å². The summed E-state index contributed by atoms with van der Waals surface area (Å²) in [5, 5.41) is 8.98. The molecule has 1 atom stereocenters. The average molecular weight is 240 g/mol. The normalized spacial score (nSPS) is 12.9. The van der Waals surface area contributed by atoms with Crippen LogP contribution >= 0.6 is 11.6 Å². The molecule has 2 aromatic rings. The summed E-state index contributed by atoms with van der Waals surface area (Å²) in [6.07, 6.45) is 1.47. The molecule has 5 nitrogen and oxygen atoms in total. The molecule has 0 saturated carbocycles. The number of aliphatic carboxylic acids is 1. The smallest absolute Gasteiger partial charge is 0.305 e. The zero-order valence-electron chi connectivity index (χ0n) is 8.30. The van der Waals surface area contributed by atoms with Gasteiger partial charge in [-0.3, -0.25) is 9.20 Å². The fraction of sp³-hybridized carbons (Fsp3) is 0.200. The van der Waals surface area contributed by atoms with Gasteiger partial charge >= 0.3 is 5.97 Å². The predicted molar refractivity (Wildman–Crippen MR) is 59.4 cm³/mol. The lowest BCUT2D eigenvalue weighted by atomic mass is 10.1. The minimum atomic E-state index is -0.944. The van der Waals surface area contributed by atoms with Crippen LogP contribution in [0, 0.1) is 0 Å². The monoisotopic (exact) mass is 239 g/mol. The summed E-state index contributed by atoms with van der Waals surface area (Å²) in [5.41, 5.74) is 7.24. The van der Waals surface area contributed by atoms with E-state index in [1.807, 2.05) is 6.07 Å². The maximum absolute atomic E-state index is 10.6. The van der Waals surface area contributed by atoms with Crippen molar-refractivity contribution < 1.29 is 9.90 Å². The number of halogens is 1. The van der Waals surface area contributed by atoms with Crippen LogP contribution in [0.2, 0.25) is 5.28 Å². The van der Waals surface area contributed by atoms with Gasteiger partial charge in [0.2, 0.25) is 5.28 Å². The molecule has 84 valence electrons. The van der Waals surface area contributed by atoms with Gasteiger partial charge in [-0.15, -0.1) is 0 Å². The molecule has 2 rings (SSSR count). The number of fused-ring (bicyclic) bond motifs is 1. The Morgan fingerprint density at radius 1 is 1.62 bits per heavy atom. The first-order valence-electron chi connectivity index (χ1n) is 4.69. The molecule has 0 fully saturated rings. The highest BCUT2D eigenvalue weighted by atomic mass is 35.5. The second-order valence-corrected chi connectivity index (χ2v) is 3.78. The Hall–Kier alpha value is -1.59. The van der Waals surface area contributed by atoms with Crippen LogP contribution in [-0.4, -0.2) is 20.5 Å². The molecule has 0 saturated heterocycles. The topological polar surface area (TPSA) is 80.6 Å². The second-order valence-electron chi connectivity index (χ2n) is 3.44. The quantitative estimate of drug-likeness (QED) is 0.850. The van der Waals surface area contributed by atoms with Crippen molar-refractivity contribution in [2.45, 2.75) is 12.5 Å². The van der Waals surface area contributed by atoms with Crippen LogP contribution < -0.4 is 5.73 Å². The van der Waals surface area contributed by atoms with Crippen molar-refractivity contribution >= 4 is 23.1 Å². The molecule has 16 heavy (non-hydrogen) atoms. The summed E-state index contributed by atoms with van der Waals surface area (Å²) in [7, 11) is 0. The molecule has 0 spiro atoms. The van der Waals surface area contributed by atoms with E-state index in [0.29, 0.717) is 5.69 Å². The average Bonchev–Trinajstić information content (AvgIpc) is 2.59. The summed E-state index contributed by atoms with van der Waals surface area (Å²) in [6.45, 7) is 0. The van der Waals surface area contributed by atoms with Crippen LogP contribution in [0.5, 0.6) is 0 Å². The number of carboxylic acid groups (broad SMARTS) is 1. The second kappa shape index (κ2) is 4.11. The Morgan fingerprint density at radius 3 is 3.06 bits per heavy atom. The van der Waals surface area contributed by atoms with E-state index in [-0.39, 0.29) is 11.7 Å². The van der Waals surface area contributed by atoms with E-state index in [4.69, 9.17) is 22.4 Å². The molecule has 3 N–H and O–H groups in total. The first-order chi connectivity index (χ1) is 7.59. The van der Waals surface area contributed by atoms with Crippen LogP contribution in [-0.2, 0) is 4.79 Å². The number of pyridine rings is 1. The Bertz CT molecular complexity index is 538. The molecule has 1 unspecified atom stereocenters. The number of hydrogen-bond acceptors (Lipinski definition) is 3. The third-order valence-corrected chi connectivity index (χ3v) is 2.58. The predicted octanol–water partition coefficient (Wildman–Crippen LogP) is 1.46. The fourth-order valence-electron chi connectivity index (χ4n) is 1.62. The minimum absolute atomic E-state index is 0.145. The molecule has 0 aliphatic rings. The Kier molecular flexibility index (Phi) is 2.80. The summed E-state index contributed by atoms with van der Waals surface area (Å²) < 4.78 is 1.65. The molecule has 0 aliphatic heterocycles. The van der Waals surface area contributed by atoms with Crippen LogP contribution in [0.3, 0.4) is 0 Å². The lowest BCUT2D eigenvalue weighted by Crippen LogP contribution is -2.18. The third-order valence-electron chi connectivity index (χ3n) is 2.31. The largest absolute Gasteiger partial charge is 0.481 e. The van der Waals surface area contributed by atoms with Gasteiger partial charge in [-0.05, 0) is 23.7 Å². The number of hydrogen-bond donors (Lipinski definition) is 2. The molecular weight excluding hydrogens is 230 g/mol. The first-order valence-corrected chi connectivity index (χ1v) is 5.06. The zero-order chi connectivity index (χ0) is 11.7. The van der Waals surface area contributed by atoms with Crippen molar-refractivity contribution in [2.24, 2.45) is 5.73 Å². The van der Waals surface area contributed by atoms with Crippen molar-refractivity contribution in [1.29, 1.82) is 0 Å². The van der Waals surface area contributed by atoms with E-state index in [0.717, 1.165) is 5.52 Å². The van der Waals surface area contributed by atoms with Crippen LogP contribution in [0.1, 0.15) is 18.2 Å².